The summed E-state index contributed by atoms with van der Waals surface area (Å²) in [4.78, 5) is 17.7. The number of hydrogen-bond acceptors (Lipinski definition) is 5. The minimum absolute atomic E-state index is 0.185. The first-order chi connectivity index (χ1) is 11.4. The van der Waals surface area contributed by atoms with Crippen LogP contribution in [0.3, 0.4) is 0 Å². The molecule has 2 aromatic heterocycles. The highest BCUT2D eigenvalue weighted by atomic mass is 19.4. The molecule has 3 rings (SSSR count). The van der Waals surface area contributed by atoms with E-state index >= 15 is 0 Å². The van der Waals surface area contributed by atoms with Crippen LogP contribution in [0.1, 0.15) is 5.76 Å². The van der Waals surface area contributed by atoms with Gasteiger partial charge in [0.1, 0.15) is 5.69 Å². The number of aromatic nitrogens is 2. The Morgan fingerprint density at radius 1 is 1.00 bits per heavy atom. The van der Waals surface area contributed by atoms with Crippen molar-refractivity contribution in [1.82, 2.24) is 9.97 Å². The number of alkyl halides is 3. The number of hydrogen-bond donors (Lipinski definition) is 0. The number of rotatable bonds is 3. The first-order valence-electron chi connectivity index (χ1n) is 6.59. The fourth-order valence-corrected chi connectivity index (χ4v) is 2.07. The predicted molar refractivity (Wildman–Crippen MR) is 76.8 cm³/mol. The number of benzene rings is 1. The molecule has 3 aromatic rings. The first kappa shape index (κ1) is 15.7. The summed E-state index contributed by atoms with van der Waals surface area (Å²) in [5, 5.41) is 10.6. The molecule has 0 aliphatic rings. The van der Waals surface area contributed by atoms with Crippen LogP contribution in [0.4, 0.5) is 18.9 Å². The largest absolute Gasteiger partial charge is 0.451 e. The predicted octanol–water partition coefficient (Wildman–Crippen LogP) is 4.33. The van der Waals surface area contributed by atoms with E-state index in [1.165, 1.54) is 48.8 Å². The molecule has 0 saturated carbocycles. The third kappa shape index (κ3) is 2.96. The number of non-ortho nitro benzene ring substituents is 1. The maximum Gasteiger partial charge on any atom is 0.451 e. The lowest BCUT2D eigenvalue weighted by Gasteiger charge is -2.04. The summed E-state index contributed by atoms with van der Waals surface area (Å²) >= 11 is 0. The highest BCUT2D eigenvalue weighted by molar-refractivity contribution is 5.66. The van der Waals surface area contributed by atoms with Crippen LogP contribution in [0.5, 0.6) is 0 Å². The van der Waals surface area contributed by atoms with E-state index in [0.29, 0.717) is 0 Å². The van der Waals surface area contributed by atoms with Crippen molar-refractivity contribution in [2.75, 3.05) is 0 Å². The fraction of sp³-hybridized carbons (Fsp3) is 0.0667. The van der Waals surface area contributed by atoms with Crippen LogP contribution in [0.25, 0.3) is 22.7 Å². The standard InChI is InChI=1S/C15H8F3N3O3/c16-15(17,18)13-12(9-5-7-19-8-6-9)20-14(24-13)10-1-3-11(4-2-10)21(22)23/h1-8H. The Morgan fingerprint density at radius 3 is 2.17 bits per heavy atom. The maximum absolute atomic E-state index is 13.2. The van der Waals surface area contributed by atoms with E-state index in [9.17, 15) is 23.3 Å². The third-order valence-electron chi connectivity index (χ3n) is 3.16. The molecule has 0 N–H and O–H groups in total. The average molecular weight is 335 g/mol. The SMILES string of the molecule is O=[N+]([O-])c1ccc(-c2nc(-c3ccncc3)c(C(F)(F)F)o2)cc1. The van der Waals surface area contributed by atoms with Gasteiger partial charge in [-0.25, -0.2) is 4.98 Å². The molecule has 0 bridgehead atoms. The van der Waals surface area contributed by atoms with Gasteiger partial charge in [-0.2, -0.15) is 13.2 Å². The normalized spacial score (nSPS) is 11.5. The summed E-state index contributed by atoms with van der Waals surface area (Å²) < 4.78 is 44.5. The second kappa shape index (κ2) is 5.76. The number of nitrogens with zero attached hydrogens (tertiary/aromatic N) is 3. The van der Waals surface area contributed by atoms with Gasteiger partial charge in [0.2, 0.25) is 11.7 Å². The lowest BCUT2D eigenvalue weighted by atomic mass is 10.1. The topological polar surface area (TPSA) is 82.1 Å². The molecule has 0 saturated heterocycles. The van der Waals surface area contributed by atoms with Crippen LogP contribution in [0.15, 0.2) is 53.2 Å². The van der Waals surface area contributed by atoms with E-state index in [4.69, 9.17) is 4.42 Å². The van der Waals surface area contributed by atoms with Crippen molar-refractivity contribution < 1.29 is 22.5 Å². The van der Waals surface area contributed by atoms with Gasteiger partial charge in [0.25, 0.3) is 5.69 Å². The van der Waals surface area contributed by atoms with Crippen LogP contribution in [-0.4, -0.2) is 14.9 Å². The van der Waals surface area contributed by atoms with E-state index in [0.717, 1.165) is 0 Å². The molecule has 0 aliphatic carbocycles. The number of halogens is 3. The van der Waals surface area contributed by atoms with Gasteiger partial charge >= 0.3 is 6.18 Å². The molecule has 24 heavy (non-hydrogen) atoms. The minimum Gasteiger partial charge on any atom is -0.431 e. The van der Waals surface area contributed by atoms with Gasteiger partial charge in [0.15, 0.2) is 0 Å². The molecular formula is C15H8F3N3O3. The van der Waals surface area contributed by atoms with Gasteiger partial charge in [-0.1, -0.05) is 0 Å². The molecule has 0 unspecified atom stereocenters. The van der Waals surface area contributed by atoms with Crippen molar-refractivity contribution in [1.29, 1.82) is 0 Å². The van der Waals surface area contributed by atoms with Gasteiger partial charge in [0.05, 0.1) is 4.92 Å². The quantitative estimate of drug-likeness (QED) is 0.525. The Bertz CT molecular complexity index is 874. The van der Waals surface area contributed by atoms with Crippen LogP contribution in [-0.2, 0) is 6.18 Å². The highest BCUT2D eigenvalue weighted by Gasteiger charge is 2.40. The van der Waals surface area contributed by atoms with Crippen molar-refractivity contribution in [3.63, 3.8) is 0 Å². The summed E-state index contributed by atoms with van der Waals surface area (Å²) in [6, 6.07) is 7.65. The molecule has 6 nitrogen and oxygen atoms in total. The van der Waals surface area contributed by atoms with Gasteiger partial charge < -0.3 is 4.42 Å². The Morgan fingerprint density at radius 2 is 1.62 bits per heavy atom. The van der Waals surface area contributed by atoms with E-state index in [2.05, 4.69) is 9.97 Å². The molecule has 0 aliphatic heterocycles. The number of nitro benzene ring substituents is 1. The Labute approximate surface area is 132 Å². The molecule has 2 heterocycles. The van der Waals surface area contributed by atoms with Crippen LogP contribution in [0.2, 0.25) is 0 Å². The number of oxazole rings is 1. The lowest BCUT2D eigenvalue weighted by Crippen LogP contribution is -2.05. The summed E-state index contributed by atoms with van der Waals surface area (Å²) in [7, 11) is 0. The summed E-state index contributed by atoms with van der Waals surface area (Å²) in [6.07, 6.45) is -2.05. The van der Waals surface area contributed by atoms with E-state index < -0.39 is 16.9 Å². The van der Waals surface area contributed by atoms with Crippen molar-refractivity contribution in [3.05, 3.63) is 64.7 Å². The van der Waals surface area contributed by atoms with Gasteiger partial charge in [-0.05, 0) is 24.3 Å². The van der Waals surface area contributed by atoms with Crippen molar-refractivity contribution in [3.8, 4) is 22.7 Å². The summed E-state index contributed by atoms with van der Waals surface area (Å²) in [5.74, 6) is -1.51. The van der Waals surface area contributed by atoms with Gasteiger partial charge in [0, 0.05) is 35.7 Å². The minimum atomic E-state index is -4.73. The van der Waals surface area contributed by atoms with Crippen LogP contribution < -0.4 is 0 Å². The summed E-state index contributed by atoms with van der Waals surface area (Å²) in [5.41, 5.74) is -0.144. The lowest BCUT2D eigenvalue weighted by molar-refractivity contribution is -0.384. The molecule has 122 valence electrons. The van der Waals surface area contributed by atoms with Crippen LogP contribution >= 0.6 is 0 Å². The van der Waals surface area contributed by atoms with Gasteiger partial charge in [-0.3, -0.25) is 15.1 Å². The first-order valence-corrected chi connectivity index (χ1v) is 6.59. The summed E-state index contributed by atoms with van der Waals surface area (Å²) in [6.45, 7) is 0. The Kier molecular flexibility index (Phi) is 3.76. The smallest absolute Gasteiger partial charge is 0.431 e. The average Bonchev–Trinajstić information content (AvgIpc) is 3.01. The van der Waals surface area contributed by atoms with Crippen molar-refractivity contribution in [2.24, 2.45) is 0 Å². The molecular weight excluding hydrogens is 327 g/mol. The molecule has 0 amide bonds. The fourth-order valence-electron chi connectivity index (χ4n) is 2.07. The molecule has 0 spiro atoms. The Hall–Kier alpha value is -3.23. The third-order valence-corrected chi connectivity index (χ3v) is 3.16. The number of nitro groups is 1. The van der Waals surface area contributed by atoms with E-state index in [-0.39, 0.29) is 28.4 Å². The van der Waals surface area contributed by atoms with E-state index in [1.54, 1.807) is 0 Å². The second-order valence-electron chi connectivity index (χ2n) is 4.73. The maximum atomic E-state index is 13.2. The second-order valence-corrected chi connectivity index (χ2v) is 4.73. The van der Waals surface area contributed by atoms with E-state index in [1.807, 2.05) is 0 Å². The monoisotopic (exact) mass is 335 g/mol. The zero-order chi connectivity index (χ0) is 17.3. The molecule has 1 aromatic carbocycles. The molecule has 0 atom stereocenters. The highest BCUT2D eigenvalue weighted by Crippen LogP contribution is 2.39. The van der Waals surface area contributed by atoms with Crippen molar-refractivity contribution >= 4 is 5.69 Å². The number of pyridine rings is 1. The molecule has 0 fully saturated rings. The molecule has 9 heteroatoms. The Balaban J connectivity index is 2.10. The molecule has 0 radical (unpaired) electrons. The van der Waals surface area contributed by atoms with Crippen molar-refractivity contribution in [2.45, 2.75) is 6.18 Å². The van der Waals surface area contributed by atoms with Gasteiger partial charge in [-0.15, -0.1) is 0 Å². The zero-order valence-electron chi connectivity index (χ0n) is 11.8. The zero-order valence-corrected chi connectivity index (χ0v) is 11.8. The van der Waals surface area contributed by atoms with Crippen LogP contribution in [0, 0.1) is 10.1 Å².